The highest BCUT2D eigenvalue weighted by Crippen LogP contribution is 2.23. The minimum atomic E-state index is 0.548. The molecule has 1 rings (SSSR count). The van der Waals surface area contributed by atoms with Crippen LogP contribution >= 0.6 is 0 Å². The quantitative estimate of drug-likeness (QED) is 0.467. The van der Waals surface area contributed by atoms with Gasteiger partial charge in [-0.2, -0.15) is 0 Å². The van der Waals surface area contributed by atoms with E-state index in [0.717, 1.165) is 18.8 Å². The summed E-state index contributed by atoms with van der Waals surface area (Å²) in [5, 5.41) is 0. The first-order valence-corrected chi connectivity index (χ1v) is 4.95. The second-order valence-corrected chi connectivity index (χ2v) is 3.53. The van der Waals surface area contributed by atoms with Gasteiger partial charge in [0.2, 0.25) is 0 Å². The van der Waals surface area contributed by atoms with Crippen LogP contribution < -0.4 is 0 Å². The number of ether oxygens (including phenoxy) is 1. The van der Waals surface area contributed by atoms with Crippen molar-refractivity contribution in [2.75, 3.05) is 13.2 Å². The van der Waals surface area contributed by atoms with Crippen molar-refractivity contribution in [3.8, 4) is 0 Å². The Labute approximate surface area is 74.3 Å². The lowest BCUT2D eigenvalue weighted by Gasteiger charge is -2.20. The first-order valence-electron chi connectivity index (χ1n) is 4.95. The molecule has 0 amide bonds. The zero-order valence-electron chi connectivity index (χ0n) is 7.63. The summed E-state index contributed by atoms with van der Waals surface area (Å²) in [4.78, 5) is 9.98. The molecule has 0 unspecified atom stereocenters. The second-order valence-electron chi connectivity index (χ2n) is 3.53. The average molecular weight is 170 g/mol. The number of carbonyl (C=O) groups excluding carboxylic acids is 1. The number of rotatable bonds is 5. The summed E-state index contributed by atoms with van der Waals surface area (Å²) in [5.74, 6) is 0.769. The lowest BCUT2D eigenvalue weighted by atomic mass is 9.90. The fourth-order valence-electron chi connectivity index (χ4n) is 1.74. The number of carbonyl (C=O) groups is 1. The van der Waals surface area contributed by atoms with Gasteiger partial charge in [-0.25, -0.2) is 0 Å². The lowest BCUT2D eigenvalue weighted by Crippen LogP contribution is -2.13. The van der Waals surface area contributed by atoms with Gasteiger partial charge in [0.1, 0.15) is 6.29 Å². The van der Waals surface area contributed by atoms with E-state index in [9.17, 15) is 4.79 Å². The Morgan fingerprint density at radius 3 is 2.67 bits per heavy atom. The number of hydrogen-bond donors (Lipinski definition) is 0. The van der Waals surface area contributed by atoms with Crippen LogP contribution in [0.3, 0.4) is 0 Å². The maximum absolute atomic E-state index is 9.98. The summed E-state index contributed by atoms with van der Waals surface area (Å²) in [7, 11) is 0. The predicted octanol–water partition coefficient (Wildman–Crippen LogP) is 2.17. The van der Waals surface area contributed by atoms with E-state index in [-0.39, 0.29) is 0 Å². The highest BCUT2D eigenvalue weighted by atomic mass is 16.5. The molecule has 0 atom stereocenters. The van der Waals surface area contributed by atoms with Crippen molar-refractivity contribution < 1.29 is 9.53 Å². The monoisotopic (exact) mass is 170 g/mol. The maximum Gasteiger partial charge on any atom is 0.122 e. The number of aldehydes is 1. The van der Waals surface area contributed by atoms with Crippen molar-refractivity contribution in [2.24, 2.45) is 5.92 Å². The van der Waals surface area contributed by atoms with Gasteiger partial charge in [-0.3, -0.25) is 0 Å². The Morgan fingerprint density at radius 2 is 2.00 bits per heavy atom. The fraction of sp³-hybridized carbons (Fsp3) is 0.900. The Morgan fingerprint density at radius 1 is 1.25 bits per heavy atom. The molecule has 0 radical (unpaired) electrons. The van der Waals surface area contributed by atoms with Crippen molar-refractivity contribution in [3.63, 3.8) is 0 Å². The molecule has 0 aromatic heterocycles. The molecule has 12 heavy (non-hydrogen) atoms. The van der Waals surface area contributed by atoms with Gasteiger partial charge in [-0.1, -0.05) is 19.3 Å². The highest BCUT2D eigenvalue weighted by Gasteiger charge is 2.12. The van der Waals surface area contributed by atoms with E-state index < -0.39 is 0 Å². The molecule has 2 nitrogen and oxygen atoms in total. The molecular formula is C10H18O2. The van der Waals surface area contributed by atoms with E-state index in [1.807, 2.05) is 0 Å². The van der Waals surface area contributed by atoms with E-state index in [2.05, 4.69) is 0 Å². The van der Waals surface area contributed by atoms with E-state index in [4.69, 9.17) is 4.74 Å². The minimum absolute atomic E-state index is 0.548. The molecule has 1 saturated carbocycles. The van der Waals surface area contributed by atoms with Crippen LogP contribution in [0.4, 0.5) is 0 Å². The van der Waals surface area contributed by atoms with Crippen LogP contribution in [0.5, 0.6) is 0 Å². The Hall–Kier alpha value is -0.370. The van der Waals surface area contributed by atoms with Crippen LogP contribution in [0.1, 0.15) is 38.5 Å². The molecular weight excluding hydrogens is 152 g/mol. The molecule has 1 fully saturated rings. The normalized spacial score (nSPS) is 19.3. The first-order chi connectivity index (χ1) is 5.93. The van der Waals surface area contributed by atoms with Crippen LogP contribution in [-0.2, 0) is 9.53 Å². The van der Waals surface area contributed by atoms with Gasteiger partial charge in [0.15, 0.2) is 0 Å². The average Bonchev–Trinajstić information content (AvgIpc) is 2.14. The summed E-state index contributed by atoms with van der Waals surface area (Å²) in [6.45, 7) is 1.48. The first kappa shape index (κ1) is 9.72. The smallest absolute Gasteiger partial charge is 0.122 e. The van der Waals surface area contributed by atoms with Crippen LogP contribution in [-0.4, -0.2) is 19.5 Å². The Kier molecular flexibility index (Phi) is 5.00. The molecule has 0 aromatic carbocycles. The van der Waals surface area contributed by atoms with E-state index in [1.54, 1.807) is 0 Å². The summed E-state index contributed by atoms with van der Waals surface area (Å²) in [6.07, 6.45) is 8.23. The molecule has 0 N–H and O–H groups in total. The van der Waals surface area contributed by atoms with Gasteiger partial charge in [0, 0.05) is 13.0 Å². The lowest BCUT2D eigenvalue weighted by molar-refractivity contribution is -0.108. The molecule has 2 heteroatoms. The number of hydrogen-bond acceptors (Lipinski definition) is 2. The van der Waals surface area contributed by atoms with Gasteiger partial charge in [0.05, 0.1) is 6.61 Å². The molecule has 1 aliphatic rings. The van der Waals surface area contributed by atoms with Crippen molar-refractivity contribution in [3.05, 3.63) is 0 Å². The molecule has 1 aliphatic carbocycles. The molecule has 0 heterocycles. The van der Waals surface area contributed by atoms with E-state index in [1.165, 1.54) is 32.1 Å². The molecule has 70 valence electrons. The van der Waals surface area contributed by atoms with E-state index in [0.29, 0.717) is 13.0 Å². The molecule has 0 saturated heterocycles. The van der Waals surface area contributed by atoms with Crippen molar-refractivity contribution >= 4 is 6.29 Å². The standard InChI is InChI=1S/C10H18O2/c11-7-4-8-12-9-10-5-2-1-3-6-10/h7,10H,1-6,8-9H2. The topological polar surface area (TPSA) is 26.3 Å². The molecule has 0 spiro atoms. The van der Waals surface area contributed by atoms with Crippen molar-refractivity contribution in [2.45, 2.75) is 38.5 Å². The zero-order valence-corrected chi connectivity index (χ0v) is 7.63. The van der Waals surface area contributed by atoms with Gasteiger partial charge in [0.25, 0.3) is 0 Å². The summed E-state index contributed by atoms with van der Waals surface area (Å²) < 4.78 is 5.38. The van der Waals surface area contributed by atoms with Crippen LogP contribution in [0.15, 0.2) is 0 Å². The van der Waals surface area contributed by atoms with E-state index >= 15 is 0 Å². The predicted molar refractivity (Wildman–Crippen MR) is 48.1 cm³/mol. The maximum atomic E-state index is 9.98. The van der Waals surface area contributed by atoms with Gasteiger partial charge >= 0.3 is 0 Å². The van der Waals surface area contributed by atoms with Crippen molar-refractivity contribution in [1.82, 2.24) is 0 Å². The third-order valence-corrected chi connectivity index (χ3v) is 2.46. The largest absolute Gasteiger partial charge is 0.381 e. The van der Waals surface area contributed by atoms with Gasteiger partial charge in [-0.05, 0) is 18.8 Å². The zero-order chi connectivity index (χ0) is 8.65. The van der Waals surface area contributed by atoms with Crippen LogP contribution in [0.25, 0.3) is 0 Å². The third kappa shape index (κ3) is 3.86. The van der Waals surface area contributed by atoms with Gasteiger partial charge in [-0.15, -0.1) is 0 Å². The minimum Gasteiger partial charge on any atom is -0.381 e. The van der Waals surface area contributed by atoms with Crippen molar-refractivity contribution in [1.29, 1.82) is 0 Å². The highest BCUT2D eigenvalue weighted by molar-refractivity contribution is 5.49. The second kappa shape index (κ2) is 6.18. The summed E-state index contributed by atoms with van der Waals surface area (Å²) >= 11 is 0. The van der Waals surface area contributed by atoms with Gasteiger partial charge < -0.3 is 9.53 Å². The Balaban J connectivity index is 1.94. The third-order valence-electron chi connectivity index (χ3n) is 2.46. The molecule has 0 aromatic rings. The summed E-state index contributed by atoms with van der Waals surface area (Å²) in [5.41, 5.74) is 0. The molecule has 0 aliphatic heterocycles. The van der Waals surface area contributed by atoms with Crippen LogP contribution in [0, 0.1) is 5.92 Å². The molecule has 0 bridgehead atoms. The SMILES string of the molecule is O=CCCOCC1CCCCC1. The fourth-order valence-corrected chi connectivity index (χ4v) is 1.74. The Bertz CT molecular complexity index is 117. The van der Waals surface area contributed by atoms with Crippen LogP contribution in [0.2, 0.25) is 0 Å². The summed E-state index contributed by atoms with van der Waals surface area (Å²) in [6, 6.07) is 0.